The lowest BCUT2D eigenvalue weighted by Crippen LogP contribution is -2.18. The maximum atomic E-state index is 13.5. The molecule has 2 nitrogen and oxygen atoms in total. The Kier molecular flexibility index (Phi) is 4.09. The molecule has 1 N–H and O–H groups in total. The number of nitrogens with zero attached hydrogens (tertiary/aromatic N) is 1. The molecule has 4 heteroatoms. The summed E-state index contributed by atoms with van der Waals surface area (Å²) in [5.74, 6) is -0.105. The quantitative estimate of drug-likeness (QED) is 0.909. The van der Waals surface area contributed by atoms with E-state index >= 15 is 0 Å². The second kappa shape index (κ2) is 5.59. The minimum atomic E-state index is -0.105. The van der Waals surface area contributed by atoms with Crippen LogP contribution in [-0.2, 0) is 6.54 Å². The summed E-state index contributed by atoms with van der Waals surface area (Å²) in [6.45, 7) is 6.41. The first-order chi connectivity index (χ1) is 8.58. The average molecular weight is 264 g/mol. The standard InChI is InChI=1S/C14H17FN2S/c1-9-6-12(7-10(2)13(9)15)8-17-11(3)14-16-4-5-18-14/h4-7,11,17H,8H2,1-3H3. The summed E-state index contributed by atoms with van der Waals surface area (Å²) in [6.07, 6.45) is 1.81. The Bertz CT molecular complexity index is 500. The van der Waals surface area contributed by atoms with E-state index < -0.39 is 0 Å². The molecule has 2 aromatic rings. The molecule has 0 aliphatic heterocycles. The molecular weight excluding hydrogens is 247 g/mol. The van der Waals surface area contributed by atoms with Crippen molar-refractivity contribution in [1.82, 2.24) is 10.3 Å². The Balaban J connectivity index is 2.02. The van der Waals surface area contributed by atoms with Crippen molar-refractivity contribution in [3.63, 3.8) is 0 Å². The molecule has 1 aromatic carbocycles. The Hall–Kier alpha value is -1.26. The van der Waals surface area contributed by atoms with Gasteiger partial charge in [-0.25, -0.2) is 9.37 Å². The Labute approximate surface area is 111 Å². The topological polar surface area (TPSA) is 24.9 Å². The summed E-state index contributed by atoms with van der Waals surface area (Å²) < 4.78 is 13.5. The van der Waals surface area contributed by atoms with Crippen molar-refractivity contribution in [1.29, 1.82) is 0 Å². The molecule has 1 heterocycles. The Morgan fingerprint density at radius 1 is 1.33 bits per heavy atom. The average Bonchev–Trinajstić information content (AvgIpc) is 2.86. The Morgan fingerprint density at radius 2 is 2.00 bits per heavy atom. The highest BCUT2D eigenvalue weighted by Crippen LogP contribution is 2.17. The molecule has 1 aromatic heterocycles. The molecule has 0 fully saturated rings. The van der Waals surface area contributed by atoms with Gasteiger partial charge in [0.05, 0.1) is 6.04 Å². The fourth-order valence-corrected chi connectivity index (χ4v) is 2.61. The number of nitrogens with one attached hydrogen (secondary N) is 1. The third-order valence-corrected chi connectivity index (χ3v) is 3.89. The van der Waals surface area contributed by atoms with Gasteiger partial charge in [-0.1, -0.05) is 12.1 Å². The smallest absolute Gasteiger partial charge is 0.129 e. The molecule has 0 amide bonds. The zero-order valence-electron chi connectivity index (χ0n) is 10.8. The molecule has 0 aliphatic rings. The number of aromatic nitrogens is 1. The van der Waals surface area contributed by atoms with E-state index in [2.05, 4.69) is 17.2 Å². The van der Waals surface area contributed by atoms with Crippen molar-refractivity contribution < 1.29 is 4.39 Å². The highest BCUT2D eigenvalue weighted by atomic mass is 32.1. The van der Waals surface area contributed by atoms with Crippen molar-refractivity contribution in [2.45, 2.75) is 33.4 Å². The van der Waals surface area contributed by atoms with Crippen molar-refractivity contribution >= 4 is 11.3 Å². The molecule has 96 valence electrons. The molecule has 1 atom stereocenters. The van der Waals surface area contributed by atoms with Crippen LogP contribution < -0.4 is 5.32 Å². The molecule has 0 bridgehead atoms. The fourth-order valence-electron chi connectivity index (χ4n) is 1.94. The van der Waals surface area contributed by atoms with Gasteiger partial charge in [-0.05, 0) is 37.5 Å². The fraction of sp³-hybridized carbons (Fsp3) is 0.357. The van der Waals surface area contributed by atoms with Crippen LogP contribution in [0.5, 0.6) is 0 Å². The lowest BCUT2D eigenvalue weighted by molar-refractivity contribution is 0.568. The minimum absolute atomic E-state index is 0.105. The predicted octanol–water partition coefficient (Wildman–Crippen LogP) is 3.75. The van der Waals surface area contributed by atoms with Gasteiger partial charge in [0.1, 0.15) is 10.8 Å². The van der Waals surface area contributed by atoms with Crippen LogP contribution in [-0.4, -0.2) is 4.98 Å². The van der Waals surface area contributed by atoms with Gasteiger partial charge < -0.3 is 5.32 Å². The van der Waals surface area contributed by atoms with Crippen LogP contribution in [0.25, 0.3) is 0 Å². The largest absolute Gasteiger partial charge is 0.304 e. The van der Waals surface area contributed by atoms with Crippen LogP contribution in [0.4, 0.5) is 4.39 Å². The maximum Gasteiger partial charge on any atom is 0.129 e. The number of benzene rings is 1. The number of hydrogen-bond acceptors (Lipinski definition) is 3. The lowest BCUT2D eigenvalue weighted by Gasteiger charge is -2.12. The van der Waals surface area contributed by atoms with Crippen molar-refractivity contribution in [2.24, 2.45) is 0 Å². The number of hydrogen-bond donors (Lipinski definition) is 1. The van der Waals surface area contributed by atoms with E-state index in [-0.39, 0.29) is 11.9 Å². The molecule has 1 unspecified atom stereocenters. The van der Waals surface area contributed by atoms with Gasteiger partial charge in [-0.3, -0.25) is 0 Å². The lowest BCUT2D eigenvalue weighted by atomic mass is 10.1. The van der Waals surface area contributed by atoms with Gasteiger partial charge in [0.2, 0.25) is 0 Å². The van der Waals surface area contributed by atoms with Gasteiger partial charge in [0.15, 0.2) is 0 Å². The van der Waals surface area contributed by atoms with Crippen LogP contribution in [0, 0.1) is 19.7 Å². The van der Waals surface area contributed by atoms with Crippen LogP contribution in [0.3, 0.4) is 0 Å². The van der Waals surface area contributed by atoms with Crippen LogP contribution >= 0.6 is 11.3 Å². The third kappa shape index (κ3) is 2.94. The van der Waals surface area contributed by atoms with Crippen LogP contribution in [0.2, 0.25) is 0 Å². The van der Waals surface area contributed by atoms with E-state index in [0.29, 0.717) is 11.1 Å². The summed E-state index contributed by atoms with van der Waals surface area (Å²) in [4.78, 5) is 4.27. The monoisotopic (exact) mass is 264 g/mol. The van der Waals surface area contributed by atoms with E-state index in [9.17, 15) is 4.39 Å². The summed E-state index contributed by atoms with van der Waals surface area (Å²) in [6, 6.07) is 4.00. The van der Waals surface area contributed by atoms with E-state index in [1.807, 2.05) is 23.7 Å². The summed E-state index contributed by atoms with van der Waals surface area (Å²) >= 11 is 1.64. The van der Waals surface area contributed by atoms with Crippen molar-refractivity contribution in [3.05, 3.63) is 51.2 Å². The number of aryl methyl sites for hydroxylation is 2. The molecular formula is C14H17FN2S. The van der Waals surface area contributed by atoms with E-state index in [1.54, 1.807) is 25.2 Å². The van der Waals surface area contributed by atoms with E-state index in [0.717, 1.165) is 17.1 Å². The molecule has 0 aliphatic carbocycles. The van der Waals surface area contributed by atoms with Crippen LogP contribution in [0.1, 0.15) is 34.7 Å². The first kappa shape index (κ1) is 13.2. The van der Waals surface area contributed by atoms with Crippen LogP contribution in [0.15, 0.2) is 23.7 Å². The van der Waals surface area contributed by atoms with Gasteiger partial charge >= 0.3 is 0 Å². The minimum Gasteiger partial charge on any atom is -0.304 e. The number of halogens is 1. The number of rotatable bonds is 4. The molecule has 18 heavy (non-hydrogen) atoms. The van der Waals surface area contributed by atoms with E-state index in [1.165, 1.54) is 0 Å². The predicted molar refractivity (Wildman–Crippen MR) is 73.2 cm³/mol. The summed E-state index contributed by atoms with van der Waals surface area (Å²) in [5, 5.41) is 6.45. The summed E-state index contributed by atoms with van der Waals surface area (Å²) in [7, 11) is 0. The second-order valence-electron chi connectivity index (χ2n) is 4.52. The van der Waals surface area contributed by atoms with Gasteiger partial charge in [0.25, 0.3) is 0 Å². The first-order valence-electron chi connectivity index (χ1n) is 5.96. The summed E-state index contributed by atoms with van der Waals surface area (Å²) in [5.41, 5.74) is 2.51. The molecule has 2 rings (SSSR count). The third-order valence-electron chi connectivity index (χ3n) is 2.93. The normalized spacial score (nSPS) is 12.7. The highest BCUT2D eigenvalue weighted by molar-refractivity contribution is 7.09. The Morgan fingerprint density at radius 3 is 2.56 bits per heavy atom. The van der Waals surface area contributed by atoms with Crippen molar-refractivity contribution in [2.75, 3.05) is 0 Å². The molecule has 0 saturated carbocycles. The number of thiazole rings is 1. The SMILES string of the molecule is Cc1cc(CNC(C)c2nccs2)cc(C)c1F. The first-order valence-corrected chi connectivity index (χ1v) is 6.84. The van der Waals surface area contributed by atoms with Gasteiger partial charge in [0, 0.05) is 18.1 Å². The molecule has 0 spiro atoms. The van der Waals surface area contributed by atoms with Crippen molar-refractivity contribution in [3.8, 4) is 0 Å². The van der Waals surface area contributed by atoms with E-state index in [4.69, 9.17) is 0 Å². The highest BCUT2D eigenvalue weighted by Gasteiger charge is 2.08. The van der Waals surface area contributed by atoms with Gasteiger partial charge in [-0.15, -0.1) is 11.3 Å². The zero-order valence-corrected chi connectivity index (χ0v) is 11.6. The molecule has 0 radical (unpaired) electrons. The molecule has 0 saturated heterocycles. The van der Waals surface area contributed by atoms with Gasteiger partial charge in [-0.2, -0.15) is 0 Å². The zero-order chi connectivity index (χ0) is 13.1. The second-order valence-corrected chi connectivity index (χ2v) is 5.44. The maximum absolute atomic E-state index is 13.5.